The summed E-state index contributed by atoms with van der Waals surface area (Å²) in [6.07, 6.45) is -14.2. The second kappa shape index (κ2) is 10.9. The van der Waals surface area contributed by atoms with Crippen LogP contribution < -0.4 is 5.32 Å². The molecular formula is C29H19F9N2O. The number of amides is 1. The van der Waals surface area contributed by atoms with E-state index < -0.39 is 52.2 Å². The van der Waals surface area contributed by atoms with Crippen LogP contribution in [-0.2, 0) is 30.5 Å². The molecule has 0 aliphatic heterocycles. The minimum Gasteiger partial charge on any atom is -0.337 e. The van der Waals surface area contributed by atoms with Gasteiger partial charge in [0, 0.05) is 18.2 Å². The predicted molar refractivity (Wildman–Crippen MR) is 131 cm³/mol. The van der Waals surface area contributed by atoms with Crippen molar-refractivity contribution in [3.05, 3.63) is 136 Å². The molecule has 41 heavy (non-hydrogen) atoms. The Kier molecular flexibility index (Phi) is 7.88. The van der Waals surface area contributed by atoms with E-state index in [-0.39, 0.29) is 17.7 Å². The molecule has 0 aliphatic carbocycles. The van der Waals surface area contributed by atoms with Crippen LogP contribution in [0, 0.1) is 0 Å². The van der Waals surface area contributed by atoms with Crippen LogP contribution in [0.1, 0.15) is 43.9 Å². The molecule has 4 rings (SSSR count). The van der Waals surface area contributed by atoms with Crippen molar-refractivity contribution in [1.29, 1.82) is 0 Å². The molecule has 4 aromatic rings. The van der Waals surface area contributed by atoms with Gasteiger partial charge in [-0.1, -0.05) is 48.5 Å². The number of pyridine rings is 1. The van der Waals surface area contributed by atoms with Crippen molar-refractivity contribution in [2.75, 3.05) is 0 Å². The van der Waals surface area contributed by atoms with Gasteiger partial charge in [-0.15, -0.1) is 0 Å². The van der Waals surface area contributed by atoms with Crippen LogP contribution in [0.5, 0.6) is 0 Å². The van der Waals surface area contributed by atoms with Crippen molar-refractivity contribution in [3.63, 3.8) is 0 Å². The zero-order chi connectivity index (χ0) is 30.1. The second-order valence-corrected chi connectivity index (χ2v) is 9.11. The Bertz CT molecular complexity index is 1510. The van der Waals surface area contributed by atoms with Gasteiger partial charge in [0.1, 0.15) is 5.54 Å². The number of halogens is 9. The highest BCUT2D eigenvalue weighted by Gasteiger charge is 2.41. The van der Waals surface area contributed by atoms with Gasteiger partial charge >= 0.3 is 18.5 Å². The summed E-state index contributed by atoms with van der Waals surface area (Å²) in [5.74, 6) is -1.12. The minimum atomic E-state index is -4.83. The van der Waals surface area contributed by atoms with E-state index in [0.717, 1.165) is 36.4 Å². The third-order valence-electron chi connectivity index (χ3n) is 6.30. The molecule has 1 aromatic heterocycles. The lowest BCUT2D eigenvalue weighted by Crippen LogP contribution is -2.49. The number of hydrogen-bond acceptors (Lipinski definition) is 2. The number of carbonyl (C=O) groups excluding carboxylic acids is 1. The van der Waals surface area contributed by atoms with E-state index in [1.54, 1.807) is 30.3 Å². The SMILES string of the molecule is O=C(NC(Cc1ccccc1)(c1cccc(C(F)(F)F)c1)c1ccc(C(F)(F)F)cn1)c1cccc(C(F)(F)F)c1. The van der Waals surface area contributed by atoms with Gasteiger partial charge in [0.25, 0.3) is 5.91 Å². The lowest BCUT2D eigenvalue weighted by atomic mass is 9.79. The van der Waals surface area contributed by atoms with Crippen LogP contribution >= 0.6 is 0 Å². The van der Waals surface area contributed by atoms with Gasteiger partial charge in [0.2, 0.25) is 0 Å². The van der Waals surface area contributed by atoms with E-state index in [2.05, 4.69) is 10.3 Å². The van der Waals surface area contributed by atoms with E-state index in [1.807, 2.05) is 0 Å². The molecule has 0 fully saturated rings. The summed E-state index contributed by atoms with van der Waals surface area (Å²) in [6, 6.07) is 16.7. The Morgan fingerprint density at radius 2 is 1.17 bits per heavy atom. The Labute approximate surface area is 227 Å². The van der Waals surface area contributed by atoms with Crippen LogP contribution in [0.2, 0.25) is 0 Å². The highest BCUT2D eigenvalue weighted by atomic mass is 19.4. The Morgan fingerprint density at radius 1 is 0.610 bits per heavy atom. The molecule has 1 N–H and O–H groups in total. The lowest BCUT2D eigenvalue weighted by Gasteiger charge is -2.36. The van der Waals surface area contributed by atoms with Crippen molar-refractivity contribution in [3.8, 4) is 0 Å². The summed E-state index contributed by atoms with van der Waals surface area (Å²) >= 11 is 0. The fourth-order valence-electron chi connectivity index (χ4n) is 4.30. The normalized spacial score (nSPS) is 13.9. The lowest BCUT2D eigenvalue weighted by molar-refractivity contribution is -0.138. The van der Waals surface area contributed by atoms with Gasteiger partial charge in [-0.2, -0.15) is 39.5 Å². The third-order valence-corrected chi connectivity index (χ3v) is 6.30. The van der Waals surface area contributed by atoms with Crippen molar-refractivity contribution in [2.24, 2.45) is 0 Å². The minimum absolute atomic E-state index is 0.205. The van der Waals surface area contributed by atoms with E-state index in [0.29, 0.717) is 30.0 Å². The summed E-state index contributed by atoms with van der Waals surface area (Å²) in [5.41, 5.74) is -5.97. The zero-order valence-electron chi connectivity index (χ0n) is 20.7. The maximum absolute atomic E-state index is 13.7. The van der Waals surface area contributed by atoms with Gasteiger partial charge in [-0.05, 0) is 53.6 Å². The van der Waals surface area contributed by atoms with Crippen LogP contribution in [-0.4, -0.2) is 10.9 Å². The number of nitrogens with zero attached hydrogens (tertiary/aromatic N) is 1. The summed E-state index contributed by atoms with van der Waals surface area (Å²) in [6.45, 7) is 0. The summed E-state index contributed by atoms with van der Waals surface area (Å²) in [4.78, 5) is 17.4. The molecule has 1 atom stereocenters. The number of carbonyl (C=O) groups is 1. The smallest absolute Gasteiger partial charge is 0.337 e. The monoisotopic (exact) mass is 582 g/mol. The standard InChI is InChI=1S/C29H19F9N2O/c30-27(31,32)21-10-4-8-19(14-21)25(41)40-26(16-18-6-2-1-3-7-18,20-9-5-11-22(15-20)28(33,34)35)24-13-12-23(17-39-24)29(36,37)38/h1-15,17H,16H2,(H,40,41). The number of hydrogen-bond donors (Lipinski definition) is 1. The van der Waals surface area contributed by atoms with E-state index >= 15 is 0 Å². The Balaban J connectivity index is 1.96. The topological polar surface area (TPSA) is 42.0 Å². The fraction of sp³-hybridized carbons (Fsp3) is 0.172. The largest absolute Gasteiger partial charge is 0.417 e. The first-order valence-corrected chi connectivity index (χ1v) is 11.8. The molecule has 0 bridgehead atoms. The van der Waals surface area contributed by atoms with E-state index in [1.165, 1.54) is 6.07 Å². The van der Waals surface area contributed by atoms with Crippen LogP contribution in [0.4, 0.5) is 39.5 Å². The van der Waals surface area contributed by atoms with Gasteiger partial charge in [0.15, 0.2) is 0 Å². The Morgan fingerprint density at radius 3 is 1.73 bits per heavy atom. The van der Waals surface area contributed by atoms with Gasteiger partial charge in [0.05, 0.1) is 22.4 Å². The molecule has 3 aromatic carbocycles. The Hall–Kier alpha value is -4.35. The summed E-state index contributed by atoms with van der Waals surface area (Å²) in [5, 5.41) is 2.53. The molecule has 0 saturated heterocycles. The van der Waals surface area contributed by atoms with Gasteiger partial charge in [-0.25, -0.2) is 0 Å². The molecule has 1 heterocycles. The zero-order valence-corrected chi connectivity index (χ0v) is 20.7. The fourth-order valence-corrected chi connectivity index (χ4v) is 4.30. The molecule has 214 valence electrons. The maximum atomic E-state index is 13.7. The quantitative estimate of drug-likeness (QED) is 0.234. The van der Waals surface area contributed by atoms with E-state index in [9.17, 15) is 44.3 Å². The second-order valence-electron chi connectivity index (χ2n) is 9.11. The molecule has 3 nitrogen and oxygen atoms in total. The molecule has 0 saturated carbocycles. The molecule has 0 spiro atoms. The van der Waals surface area contributed by atoms with Crippen LogP contribution in [0.3, 0.4) is 0 Å². The number of nitrogens with one attached hydrogen (secondary N) is 1. The highest BCUT2D eigenvalue weighted by molar-refractivity contribution is 5.95. The first-order chi connectivity index (χ1) is 19.1. The first-order valence-electron chi connectivity index (χ1n) is 11.8. The van der Waals surface area contributed by atoms with Crippen molar-refractivity contribution >= 4 is 5.91 Å². The maximum Gasteiger partial charge on any atom is 0.417 e. The molecule has 0 radical (unpaired) electrons. The molecule has 1 amide bonds. The van der Waals surface area contributed by atoms with E-state index in [4.69, 9.17) is 0 Å². The van der Waals surface area contributed by atoms with Crippen LogP contribution in [0.25, 0.3) is 0 Å². The molecular weight excluding hydrogens is 563 g/mol. The number of rotatable bonds is 6. The van der Waals surface area contributed by atoms with Crippen LogP contribution in [0.15, 0.2) is 97.2 Å². The van der Waals surface area contributed by atoms with Crippen molar-refractivity contribution < 1.29 is 44.3 Å². The molecule has 1 unspecified atom stereocenters. The average Bonchev–Trinajstić information content (AvgIpc) is 2.92. The average molecular weight is 582 g/mol. The predicted octanol–water partition coefficient (Wildman–Crippen LogP) is 8.05. The molecule has 0 aliphatic rings. The summed E-state index contributed by atoms with van der Waals surface area (Å²) < 4.78 is 121. The number of benzene rings is 3. The van der Waals surface area contributed by atoms with Crippen molar-refractivity contribution in [2.45, 2.75) is 30.5 Å². The number of aromatic nitrogens is 1. The number of alkyl halides is 9. The van der Waals surface area contributed by atoms with Crippen molar-refractivity contribution in [1.82, 2.24) is 10.3 Å². The van der Waals surface area contributed by atoms with Gasteiger partial charge < -0.3 is 5.32 Å². The summed E-state index contributed by atoms with van der Waals surface area (Å²) in [7, 11) is 0. The first kappa shape index (κ1) is 29.6. The third kappa shape index (κ3) is 6.69. The highest BCUT2D eigenvalue weighted by Crippen LogP contribution is 2.38. The molecule has 12 heteroatoms. The van der Waals surface area contributed by atoms with Gasteiger partial charge in [-0.3, -0.25) is 9.78 Å².